The van der Waals surface area contributed by atoms with E-state index in [9.17, 15) is 13.2 Å². The van der Waals surface area contributed by atoms with Crippen molar-refractivity contribution in [3.05, 3.63) is 59.2 Å². The number of rotatable bonds is 4. The van der Waals surface area contributed by atoms with E-state index in [2.05, 4.69) is 5.32 Å². The summed E-state index contributed by atoms with van der Waals surface area (Å²) in [6, 6.07) is 11.4. The molecule has 2 rings (SSSR count). The Balaban J connectivity index is 2.17. The summed E-state index contributed by atoms with van der Waals surface area (Å²) < 4.78 is 22.9. The minimum absolute atomic E-state index is 0.213. The Morgan fingerprint density at radius 2 is 1.74 bits per heavy atom. The van der Waals surface area contributed by atoms with E-state index < -0.39 is 9.84 Å². The predicted molar refractivity (Wildman–Crippen MR) is 91.0 cm³/mol. The predicted octanol–water partition coefficient (Wildman–Crippen LogP) is 2.47. The van der Waals surface area contributed by atoms with Crippen molar-refractivity contribution in [3.8, 4) is 0 Å². The number of nitrogen functional groups attached to an aromatic ring is 1. The smallest absolute Gasteiger partial charge is 0.252 e. The molecule has 2 aromatic rings. The molecule has 2 aromatic carbocycles. The van der Waals surface area contributed by atoms with Gasteiger partial charge in [0.1, 0.15) is 0 Å². The van der Waals surface area contributed by atoms with Crippen molar-refractivity contribution >= 4 is 21.4 Å². The minimum Gasteiger partial charge on any atom is -0.398 e. The minimum atomic E-state index is -3.22. The molecule has 0 heterocycles. The molecule has 5 nitrogen and oxygen atoms in total. The Morgan fingerprint density at radius 1 is 1.13 bits per heavy atom. The van der Waals surface area contributed by atoms with Gasteiger partial charge in [-0.05, 0) is 49.2 Å². The topological polar surface area (TPSA) is 89.3 Å². The van der Waals surface area contributed by atoms with Gasteiger partial charge in [0.05, 0.1) is 10.9 Å². The largest absolute Gasteiger partial charge is 0.398 e. The second-order valence-electron chi connectivity index (χ2n) is 5.56. The third-order valence-electron chi connectivity index (χ3n) is 3.78. The van der Waals surface area contributed by atoms with Gasteiger partial charge in [-0.25, -0.2) is 8.42 Å². The molecule has 0 aromatic heterocycles. The normalized spacial score (nSPS) is 12.7. The molecule has 0 aliphatic carbocycles. The first-order valence-corrected chi connectivity index (χ1v) is 9.05. The van der Waals surface area contributed by atoms with Gasteiger partial charge in [0.2, 0.25) is 0 Å². The number of anilines is 1. The van der Waals surface area contributed by atoms with Gasteiger partial charge in [0.25, 0.3) is 5.91 Å². The van der Waals surface area contributed by atoms with Crippen molar-refractivity contribution in [1.82, 2.24) is 5.32 Å². The van der Waals surface area contributed by atoms with Gasteiger partial charge < -0.3 is 11.1 Å². The monoisotopic (exact) mass is 332 g/mol. The second kappa shape index (κ2) is 6.42. The van der Waals surface area contributed by atoms with E-state index in [1.165, 1.54) is 0 Å². The van der Waals surface area contributed by atoms with Crippen LogP contribution in [0.2, 0.25) is 0 Å². The Labute approximate surface area is 136 Å². The number of sulfone groups is 1. The maximum atomic E-state index is 12.4. The molecule has 1 amide bonds. The van der Waals surface area contributed by atoms with Gasteiger partial charge in [0, 0.05) is 17.5 Å². The Hall–Kier alpha value is -2.34. The lowest BCUT2D eigenvalue weighted by Crippen LogP contribution is -2.27. The number of amides is 1. The highest BCUT2D eigenvalue weighted by atomic mass is 32.2. The summed E-state index contributed by atoms with van der Waals surface area (Å²) in [5.74, 6) is -0.213. The Kier molecular flexibility index (Phi) is 4.75. The van der Waals surface area contributed by atoms with E-state index in [4.69, 9.17) is 5.73 Å². The quantitative estimate of drug-likeness (QED) is 0.842. The van der Waals surface area contributed by atoms with Gasteiger partial charge in [0.15, 0.2) is 9.84 Å². The molecule has 0 saturated heterocycles. The summed E-state index contributed by atoms with van der Waals surface area (Å²) in [6.45, 7) is 3.64. The molecular formula is C17H20N2O3S. The Bertz CT molecular complexity index is 827. The van der Waals surface area contributed by atoms with E-state index >= 15 is 0 Å². The van der Waals surface area contributed by atoms with Crippen molar-refractivity contribution in [2.45, 2.75) is 24.8 Å². The van der Waals surface area contributed by atoms with Gasteiger partial charge in [-0.3, -0.25) is 4.79 Å². The summed E-state index contributed by atoms with van der Waals surface area (Å²) in [6.07, 6.45) is 1.16. The summed E-state index contributed by atoms with van der Waals surface area (Å²) in [5.41, 5.74) is 8.49. The average molecular weight is 332 g/mol. The highest BCUT2D eigenvalue weighted by Gasteiger charge is 2.15. The number of carbonyl (C=O) groups excluding carboxylic acids is 1. The molecule has 1 unspecified atom stereocenters. The fourth-order valence-corrected chi connectivity index (χ4v) is 2.89. The van der Waals surface area contributed by atoms with E-state index in [-0.39, 0.29) is 16.8 Å². The first-order valence-electron chi connectivity index (χ1n) is 7.16. The first-order chi connectivity index (χ1) is 10.7. The van der Waals surface area contributed by atoms with Crippen LogP contribution in [0, 0.1) is 6.92 Å². The van der Waals surface area contributed by atoms with Crippen LogP contribution in [0.1, 0.15) is 34.5 Å². The van der Waals surface area contributed by atoms with E-state index in [0.717, 1.165) is 17.4 Å². The Morgan fingerprint density at radius 3 is 2.30 bits per heavy atom. The van der Waals surface area contributed by atoms with Crippen LogP contribution in [-0.4, -0.2) is 20.6 Å². The number of hydrogen-bond acceptors (Lipinski definition) is 4. The lowest BCUT2D eigenvalue weighted by Gasteiger charge is -2.16. The molecular weight excluding hydrogens is 312 g/mol. The number of nitrogens with one attached hydrogen (secondary N) is 1. The van der Waals surface area contributed by atoms with Crippen molar-refractivity contribution in [2.24, 2.45) is 0 Å². The molecule has 0 aliphatic heterocycles. The third kappa shape index (κ3) is 3.90. The molecule has 0 bridgehead atoms. The zero-order valence-electron chi connectivity index (χ0n) is 13.3. The van der Waals surface area contributed by atoms with Gasteiger partial charge in [-0.15, -0.1) is 0 Å². The molecule has 0 radical (unpaired) electrons. The van der Waals surface area contributed by atoms with Crippen molar-refractivity contribution in [2.75, 3.05) is 12.0 Å². The van der Waals surface area contributed by atoms with Gasteiger partial charge >= 0.3 is 0 Å². The second-order valence-corrected chi connectivity index (χ2v) is 7.57. The SMILES string of the molecule is Cc1c(N)cccc1C(=O)NC(C)c1ccc(S(C)(=O)=O)cc1. The van der Waals surface area contributed by atoms with Crippen molar-refractivity contribution < 1.29 is 13.2 Å². The van der Waals surface area contributed by atoms with Crippen LogP contribution < -0.4 is 11.1 Å². The van der Waals surface area contributed by atoms with Gasteiger partial charge in [-0.1, -0.05) is 18.2 Å². The summed E-state index contributed by atoms with van der Waals surface area (Å²) in [4.78, 5) is 12.6. The number of carbonyl (C=O) groups is 1. The van der Waals surface area contributed by atoms with Crippen LogP contribution in [0.15, 0.2) is 47.4 Å². The summed E-state index contributed by atoms with van der Waals surface area (Å²) in [7, 11) is -3.22. The number of nitrogens with two attached hydrogens (primary N) is 1. The fourth-order valence-electron chi connectivity index (χ4n) is 2.26. The van der Waals surface area contributed by atoms with E-state index in [0.29, 0.717) is 11.3 Å². The van der Waals surface area contributed by atoms with Crippen LogP contribution >= 0.6 is 0 Å². The molecule has 0 aliphatic rings. The molecule has 0 spiro atoms. The maximum Gasteiger partial charge on any atom is 0.252 e. The van der Waals surface area contributed by atoms with Crippen LogP contribution in [0.3, 0.4) is 0 Å². The first kappa shape index (κ1) is 17.0. The molecule has 3 N–H and O–H groups in total. The molecule has 0 fully saturated rings. The van der Waals surface area contributed by atoms with Crippen molar-refractivity contribution in [1.29, 1.82) is 0 Å². The molecule has 122 valence electrons. The van der Waals surface area contributed by atoms with Gasteiger partial charge in [-0.2, -0.15) is 0 Å². The van der Waals surface area contributed by atoms with Crippen LogP contribution in [0.5, 0.6) is 0 Å². The van der Waals surface area contributed by atoms with E-state index in [1.54, 1.807) is 49.4 Å². The molecule has 6 heteroatoms. The standard InChI is InChI=1S/C17H20N2O3S/c1-11-15(5-4-6-16(11)18)17(20)19-12(2)13-7-9-14(10-8-13)23(3,21)22/h4-10,12H,18H2,1-3H3,(H,19,20). The van der Waals surface area contributed by atoms with Crippen molar-refractivity contribution in [3.63, 3.8) is 0 Å². The van der Waals surface area contributed by atoms with E-state index in [1.807, 2.05) is 6.92 Å². The van der Waals surface area contributed by atoms with Crippen LogP contribution in [0.4, 0.5) is 5.69 Å². The average Bonchev–Trinajstić information content (AvgIpc) is 2.49. The highest BCUT2D eigenvalue weighted by molar-refractivity contribution is 7.90. The third-order valence-corrected chi connectivity index (χ3v) is 4.90. The lowest BCUT2D eigenvalue weighted by molar-refractivity contribution is 0.0939. The lowest BCUT2D eigenvalue weighted by atomic mass is 10.0. The summed E-state index contributed by atoms with van der Waals surface area (Å²) in [5, 5.41) is 2.89. The maximum absolute atomic E-state index is 12.4. The zero-order chi connectivity index (χ0) is 17.2. The van der Waals surface area contributed by atoms with Crippen LogP contribution in [-0.2, 0) is 9.84 Å². The fraction of sp³-hybridized carbons (Fsp3) is 0.235. The molecule has 1 atom stereocenters. The number of hydrogen-bond donors (Lipinski definition) is 2. The highest BCUT2D eigenvalue weighted by Crippen LogP contribution is 2.19. The number of benzene rings is 2. The zero-order valence-corrected chi connectivity index (χ0v) is 14.1. The summed E-state index contributed by atoms with van der Waals surface area (Å²) >= 11 is 0. The van der Waals surface area contributed by atoms with Crippen LogP contribution in [0.25, 0.3) is 0 Å². The molecule has 0 saturated carbocycles. The molecule has 23 heavy (non-hydrogen) atoms.